The second-order valence-electron chi connectivity index (χ2n) is 29.6. The van der Waals surface area contributed by atoms with Crippen molar-refractivity contribution >= 4 is 181 Å². The molecule has 16 aromatic rings. The van der Waals surface area contributed by atoms with Crippen LogP contribution in [0.5, 0.6) is 0 Å². The molecular weight excluding hydrogens is 1620 g/mol. The summed E-state index contributed by atoms with van der Waals surface area (Å²) < 4.78 is 26.7. The summed E-state index contributed by atoms with van der Waals surface area (Å²) in [4.78, 5) is 138. The number of nitrogens with zero attached hydrogens (tertiary/aromatic N) is 19. The van der Waals surface area contributed by atoms with Crippen LogP contribution >= 0.6 is 46.4 Å². The van der Waals surface area contributed by atoms with Gasteiger partial charge < -0.3 is 61.0 Å². The Kier molecular flexibility index (Phi) is 22.1. The maximum Gasteiger partial charge on any atom is 0.282 e. The lowest BCUT2D eigenvalue weighted by Crippen LogP contribution is -2.58. The number of benzene rings is 4. The Bertz CT molecular complexity index is 6650. The number of aliphatic hydroxyl groups is 1. The van der Waals surface area contributed by atoms with Crippen molar-refractivity contribution in [3.8, 4) is 0 Å². The van der Waals surface area contributed by atoms with Gasteiger partial charge in [-0.15, -0.1) is 0 Å². The predicted octanol–water partition coefficient (Wildman–Crippen LogP) is 15.0. The van der Waals surface area contributed by atoms with Crippen LogP contribution in [0.1, 0.15) is 149 Å². The number of rotatable bonds is 18. The van der Waals surface area contributed by atoms with Crippen molar-refractivity contribution in [3.63, 3.8) is 0 Å². The molecule has 15 heterocycles. The zero-order chi connectivity index (χ0) is 83.2. The minimum absolute atomic E-state index is 0.0524. The lowest BCUT2D eigenvalue weighted by molar-refractivity contribution is -0.113. The first-order valence-electron chi connectivity index (χ1n) is 38.5. The summed E-state index contributed by atoms with van der Waals surface area (Å²) in [6, 6.07) is 28.6. The highest BCUT2D eigenvalue weighted by atomic mass is 35.5. The SMILES string of the molecule is C[C@H](Nc1ncnc2nc[nH]c12)c1cc2cccc(Cl)c2c(C(=O)CC2CCC2)n1.C[C@H](Nc1ncnc2nc[nH]c12)c1cc2cccc(Cl)c2c(C(=O)N2CC(F)(F)C2)n1.C[C@H](Nc1ncnc2nc[nH]c12)c1cc2cccc(Cl)c2c(C(=O)N2CC(O)C2)n1.C[C@H](Nc1ncnc2nc[nH]c12)c1cc2cccc(Cl)c2c(C(=O)N2CCC2)n1. The number of ketones is 1. The third-order valence-corrected chi connectivity index (χ3v) is 22.6. The number of Topliss-reactive ketones (excluding diaryl/α,β-unsaturated/α-hetero) is 1. The number of amides is 3. The van der Waals surface area contributed by atoms with Crippen molar-refractivity contribution in [1.82, 2.24) is 114 Å². The number of carbonyl (C=O) groups is 4. The highest BCUT2D eigenvalue weighted by Crippen LogP contribution is 2.39. The fourth-order valence-electron chi connectivity index (χ4n) is 14.6. The summed E-state index contributed by atoms with van der Waals surface area (Å²) in [6.45, 7) is 8.59. The molecular formula is C82H73Cl4F2N27O5. The van der Waals surface area contributed by atoms with E-state index >= 15 is 0 Å². The van der Waals surface area contributed by atoms with Crippen LogP contribution < -0.4 is 21.3 Å². The van der Waals surface area contributed by atoms with Gasteiger partial charge in [-0.2, -0.15) is 0 Å². The van der Waals surface area contributed by atoms with E-state index < -0.39 is 31.0 Å². The van der Waals surface area contributed by atoms with E-state index in [1.165, 1.54) is 38.1 Å². The fraction of sp³-hybridized carbons (Fsp3) is 0.268. The van der Waals surface area contributed by atoms with E-state index in [0.717, 1.165) is 81.2 Å². The first-order chi connectivity index (χ1) is 58.0. The predicted molar refractivity (Wildman–Crippen MR) is 451 cm³/mol. The number of β-amino-alcohol motifs (C(OH)–C–C–N with tert-alkyl or cyclic N) is 1. The van der Waals surface area contributed by atoms with E-state index in [1.54, 1.807) is 59.1 Å². The average Bonchev–Trinajstić information content (AvgIpc) is 1.20. The standard InChI is InChI=1S/C22H21ClN6O.C20H16ClF2N7O.C20H18ClN7O2.C20H18ClN7O/c1-12(28-22-20-21(25-10-24-20)26-11-27-22)16-9-14-6-3-7-15(23)18(14)19(29-16)17(30)8-13-4-2-5-13;1-10(28-18-16-17(25-8-24-16)26-9-27-18)13-5-11-3-2-4-12(21)14(11)15(29-13)19(31)30-6-20(22,23)7-30;1-10(26-19-17-18(23-8-22-17)24-9-25-19)14-5-11-3-2-4-13(21)15(11)16(27-14)20(30)28-6-12(29)7-28;1-11(26-19-17-18(23-9-22-17)24-10-25-19)14-8-12-4-2-5-13(21)15(12)16(27-14)20(29)28-6-3-7-28/h3,6-7,9-13H,2,4-5,8H2,1H3,(H2,24,25,26,27,28);2-5,8-10H,6-7H2,1H3,(H2,24,25,26,27,28);2-5,8-10,12,29H,6-7H2,1H3,(H2,22,23,24,25,26);2,4-5,8-11H,3,6-7H2,1H3,(H2,22,23,24,25,26)/t12-;2*10-;11-/m0000/s1. The van der Waals surface area contributed by atoms with Gasteiger partial charge in [0.05, 0.1) is 112 Å². The van der Waals surface area contributed by atoms with Crippen LogP contribution in [0.15, 0.2) is 148 Å². The first-order valence-corrected chi connectivity index (χ1v) is 40.0. The largest absolute Gasteiger partial charge is 0.389 e. The van der Waals surface area contributed by atoms with Gasteiger partial charge in [0.25, 0.3) is 23.6 Å². The number of aliphatic hydroxyl groups excluding tert-OH is 1. The van der Waals surface area contributed by atoms with Crippen LogP contribution in [-0.4, -0.2) is 194 Å². The molecule has 20 rings (SSSR count). The van der Waals surface area contributed by atoms with Crippen LogP contribution in [0.2, 0.25) is 20.1 Å². The highest BCUT2D eigenvalue weighted by Gasteiger charge is 2.47. The number of aromatic nitrogens is 20. The van der Waals surface area contributed by atoms with E-state index in [2.05, 4.69) is 111 Å². The summed E-state index contributed by atoms with van der Waals surface area (Å²) in [5, 5.41) is 30.5. The first kappa shape index (κ1) is 79.4. The number of likely N-dealkylation sites (tertiary alicyclic amines) is 3. The maximum atomic E-state index is 13.3. The second-order valence-corrected chi connectivity index (χ2v) is 31.3. The fourth-order valence-corrected chi connectivity index (χ4v) is 15.7. The molecule has 3 aliphatic heterocycles. The molecule has 0 spiro atoms. The number of alkyl halides is 2. The number of carbonyl (C=O) groups excluding carboxylic acids is 4. The van der Waals surface area contributed by atoms with E-state index in [9.17, 15) is 33.1 Å². The Hall–Kier alpha value is -13.0. The van der Waals surface area contributed by atoms with Gasteiger partial charge >= 0.3 is 0 Å². The van der Waals surface area contributed by atoms with Crippen molar-refractivity contribution in [3.05, 3.63) is 213 Å². The molecule has 32 nitrogen and oxygen atoms in total. The molecule has 38 heteroatoms. The normalized spacial score (nSPS) is 15.4. The van der Waals surface area contributed by atoms with Crippen molar-refractivity contribution in [1.29, 1.82) is 0 Å². The third-order valence-electron chi connectivity index (χ3n) is 21.4. The van der Waals surface area contributed by atoms with Gasteiger partial charge in [-0.25, -0.2) is 88.5 Å². The summed E-state index contributed by atoms with van der Waals surface area (Å²) in [7, 11) is 0. The molecule has 120 heavy (non-hydrogen) atoms. The number of nitrogens with one attached hydrogen (secondary N) is 8. The van der Waals surface area contributed by atoms with Crippen molar-refractivity contribution in [2.45, 2.75) is 96.0 Å². The van der Waals surface area contributed by atoms with Crippen LogP contribution in [0.4, 0.5) is 32.1 Å². The van der Waals surface area contributed by atoms with Gasteiger partial charge in [0.15, 0.2) is 51.6 Å². The number of hydrogen-bond acceptors (Lipinski definition) is 25. The van der Waals surface area contributed by atoms with Gasteiger partial charge in [0, 0.05) is 54.1 Å². The number of halogens is 6. The third kappa shape index (κ3) is 16.2. The molecule has 4 atom stereocenters. The quantitative estimate of drug-likeness (QED) is 0.0360. The molecule has 4 aromatic carbocycles. The molecule has 608 valence electrons. The molecule has 4 aliphatic rings. The minimum atomic E-state index is -2.87. The van der Waals surface area contributed by atoms with Gasteiger partial charge in [0.1, 0.15) is 70.2 Å². The molecule has 0 radical (unpaired) electrons. The topological polar surface area (TPSA) is 416 Å². The van der Waals surface area contributed by atoms with Gasteiger partial charge in [0.2, 0.25) is 0 Å². The van der Waals surface area contributed by atoms with Crippen molar-refractivity contribution in [2.24, 2.45) is 5.92 Å². The number of fused-ring (bicyclic) bond motifs is 8. The zero-order valence-electron chi connectivity index (χ0n) is 64.4. The van der Waals surface area contributed by atoms with Gasteiger partial charge in [-0.05, 0) is 110 Å². The average molecular weight is 1700 g/mol. The van der Waals surface area contributed by atoms with Crippen LogP contribution in [0, 0.1) is 5.92 Å². The Morgan fingerprint density at radius 1 is 0.433 bits per heavy atom. The summed E-state index contributed by atoms with van der Waals surface area (Å²) in [6.07, 6.45) is 16.5. The lowest BCUT2D eigenvalue weighted by atomic mass is 9.81. The molecule has 4 fully saturated rings. The van der Waals surface area contributed by atoms with E-state index in [1.807, 2.05) is 94.4 Å². The highest BCUT2D eigenvalue weighted by molar-refractivity contribution is 6.38. The molecule has 0 bridgehead atoms. The van der Waals surface area contributed by atoms with E-state index in [0.29, 0.717) is 147 Å². The Morgan fingerprint density at radius 2 is 0.742 bits per heavy atom. The summed E-state index contributed by atoms with van der Waals surface area (Å²) in [5.74, 6) is -0.859. The van der Waals surface area contributed by atoms with Crippen LogP contribution in [-0.2, 0) is 0 Å². The number of H-pyrrole nitrogens is 4. The smallest absolute Gasteiger partial charge is 0.282 e. The molecule has 1 saturated carbocycles. The Morgan fingerprint density at radius 3 is 1.03 bits per heavy atom. The Labute approximate surface area is 700 Å². The van der Waals surface area contributed by atoms with Gasteiger partial charge in [-0.1, -0.05) is 114 Å². The number of imidazole rings is 4. The number of aromatic amines is 4. The summed E-state index contributed by atoms with van der Waals surface area (Å²) >= 11 is 25.7. The monoisotopic (exact) mass is 1690 g/mol. The van der Waals surface area contributed by atoms with Crippen LogP contribution in [0.3, 0.4) is 0 Å². The second kappa shape index (κ2) is 33.4. The van der Waals surface area contributed by atoms with Crippen LogP contribution in [0.25, 0.3) is 87.7 Å². The molecule has 1 aliphatic carbocycles. The number of anilines is 4. The molecule has 9 N–H and O–H groups in total. The molecule has 12 aromatic heterocycles. The van der Waals surface area contributed by atoms with E-state index in [-0.39, 0.29) is 53.2 Å². The molecule has 3 saturated heterocycles. The molecule has 3 amide bonds. The van der Waals surface area contributed by atoms with Crippen molar-refractivity contribution in [2.75, 3.05) is 60.5 Å². The van der Waals surface area contributed by atoms with Crippen molar-refractivity contribution < 1.29 is 33.1 Å². The maximum absolute atomic E-state index is 13.3. The molecule has 0 unspecified atom stereocenters. The lowest BCUT2D eigenvalue weighted by Gasteiger charge is -2.38. The zero-order valence-corrected chi connectivity index (χ0v) is 67.5. The van der Waals surface area contributed by atoms with Gasteiger partial charge in [-0.3, -0.25) is 19.2 Å². The summed E-state index contributed by atoms with van der Waals surface area (Å²) in [5.41, 5.74) is 8.91. The number of pyridine rings is 4. The van der Waals surface area contributed by atoms with E-state index in [4.69, 9.17) is 56.4 Å². The Balaban J connectivity index is 0.000000114. The minimum Gasteiger partial charge on any atom is -0.389 e. The number of hydrogen-bond donors (Lipinski definition) is 9.